The monoisotopic (exact) mass is 350 g/mol. The minimum atomic E-state index is -0.428. The van der Waals surface area contributed by atoms with E-state index < -0.39 is 6.09 Å². The van der Waals surface area contributed by atoms with Gasteiger partial charge in [-0.25, -0.2) is 4.79 Å². The van der Waals surface area contributed by atoms with E-state index in [0.29, 0.717) is 30.3 Å². The fourth-order valence-corrected chi connectivity index (χ4v) is 2.98. The second-order valence-electron chi connectivity index (χ2n) is 5.84. The Hall–Kier alpha value is -2.01. The van der Waals surface area contributed by atoms with E-state index in [1.807, 2.05) is 24.3 Å². The van der Waals surface area contributed by atoms with Gasteiger partial charge in [0.05, 0.1) is 6.61 Å². The quantitative estimate of drug-likeness (QED) is 0.846. The molecule has 1 atom stereocenters. The Morgan fingerprint density at radius 2 is 2.25 bits per heavy atom. The Balaban J connectivity index is 1.99. The summed E-state index contributed by atoms with van der Waals surface area (Å²) in [5.74, 6) is -0.0228. The van der Waals surface area contributed by atoms with Gasteiger partial charge >= 0.3 is 6.09 Å². The van der Waals surface area contributed by atoms with Crippen molar-refractivity contribution in [3.63, 3.8) is 0 Å². The molecule has 1 unspecified atom stereocenters. The van der Waals surface area contributed by atoms with E-state index in [1.54, 1.807) is 24.8 Å². The van der Waals surface area contributed by atoms with Gasteiger partial charge in [-0.2, -0.15) is 0 Å². The van der Waals surface area contributed by atoms with Crippen molar-refractivity contribution in [2.45, 2.75) is 32.7 Å². The van der Waals surface area contributed by atoms with Gasteiger partial charge in [-0.3, -0.25) is 4.79 Å². The van der Waals surface area contributed by atoms with E-state index in [-0.39, 0.29) is 11.9 Å². The summed E-state index contributed by atoms with van der Waals surface area (Å²) < 4.78 is 4.90. The Kier molecular flexibility index (Phi) is 6.67. The molecule has 24 heavy (non-hydrogen) atoms. The van der Waals surface area contributed by atoms with Crippen LogP contribution in [0.2, 0.25) is 5.02 Å². The molecule has 2 amide bonds. The molecule has 1 aromatic rings. The molecule has 1 aliphatic rings. The number of benzene rings is 1. The van der Waals surface area contributed by atoms with Gasteiger partial charge in [-0.1, -0.05) is 23.7 Å². The van der Waals surface area contributed by atoms with Gasteiger partial charge in [0, 0.05) is 29.7 Å². The van der Waals surface area contributed by atoms with E-state index in [2.05, 4.69) is 5.32 Å². The van der Waals surface area contributed by atoms with Crippen LogP contribution in [0.1, 0.15) is 32.3 Å². The molecule has 2 rings (SSSR count). The summed E-state index contributed by atoms with van der Waals surface area (Å²) in [4.78, 5) is 25.9. The lowest BCUT2D eigenvalue weighted by Crippen LogP contribution is -2.49. The smallest absolute Gasteiger partial charge is 0.407 e. The Labute approximate surface area is 147 Å². The predicted octanol–water partition coefficient (Wildman–Crippen LogP) is 3.48. The van der Waals surface area contributed by atoms with Gasteiger partial charge in [0.25, 0.3) is 0 Å². The molecule has 1 aliphatic heterocycles. The van der Waals surface area contributed by atoms with Crippen LogP contribution in [0.4, 0.5) is 4.79 Å². The van der Waals surface area contributed by atoms with Crippen LogP contribution in [0.3, 0.4) is 0 Å². The summed E-state index contributed by atoms with van der Waals surface area (Å²) in [5.41, 5.74) is 1.54. The van der Waals surface area contributed by atoms with Crippen molar-refractivity contribution < 1.29 is 14.3 Å². The first-order valence-electron chi connectivity index (χ1n) is 8.16. The molecular weight excluding hydrogens is 328 g/mol. The van der Waals surface area contributed by atoms with Crippen LogP contribution in [0, 0.1) is 0 Å². The van der Waals surface area contributed by atoms with Gasteiger partial charge in [0.15, 0.2) is 0 Å². The third kappa shape index (κ3) is 5.27. The van der Waals surface area contributed by atoms with Crippen molar-refractivity contribution in [3.8, 4) is 0 Å². The van der Waals surface area contributed by atoms with Crippen LogP contribution in [0.25, 0.3) is 6.08 Å². The highest BCUT2D eigenvalue weighted by Crippen LogP contribution is 2.17. The number of nitrogens with one attached hydrogen (secondary N) is 1. The number of carbonyl (C=O) groups excluding carboxylic acids is 2. The summed E-state index contributed by atoms with van der Waals surface area (Å²) in [6.07, 6.45) is 3.10. The number of rotatable bonds is 4. The molecule has 6 heteroatoms. The van der Waals surface area contributed by atoms with Crippen molar-refractivity contribution >= 4 is 29.7 Å². The Bertz CT molecular complexity index is 630. The zero-order valence-electron chi connectivity index (χ0n) is 14.0. The number of nitrogens with zero attached hydrogens (tertiary/aromatic N) is 1. The normalized spacial score (nSPS) is 18.2. The molecular formula is C18H23ClN2O3. The van der Waals surface area contributed by atoms with E-state index in [1.165, 1.54) is 0 Å². The lowest BCUT2D eigenvalue weighted by Gasteiger charge is -2.33. The summed E-state index contributed by atoms with van der Waals surface area (Å²) >= 11 is 5.97. The highest BCUT2D eigenvalue weighted by Gasteiger charge is 2.25. The number of likely N-dealkylation sites (tertiary alicyclic amines) is 1. The fourth-order valence-electron chi connectivity index (χ4n) is 2.78. The highest BCUT2D eigenvalue weighted by atomic mass is 35.5. The Morgan fingerprint density at radius 3 is 2.96 bits per heavy atom. The van der Waals surface area contributed by atoms with E-state index in [9.17, 15) is 9.59 Å². The lowest BCUT2D eigenvalue weighted by molar-refractivity contribution is -0.128. The van der Waals surface area contributed by atoms with Gasteiger partial charge in [-0.15, -0.1) is 0 Å². The van der Waals surface area contributed by atoms with Gasteiger partial charge < -0.3 is 15.0 Å². The maximum Gasteiger partial charge on any atom is 0.407 e. The average Bonchev–Trinajstić information content (AvgIpc) is 2.54. The average molecular weight is 351 g/mol. The number of carbonyl (C=O) groups is 2. The third-order valence-electron chi connectivity index (χ3n) is 3.88. The number of ether oxygens (including phenoxy) is 1. The lowest BCUT2D eigenvalue weighted by atomic mass is 10.0. The van der Waals surface area contributed by atoms with Crippen LogP contribution in [0.5, 0.6) is 0 Å². The molecule has 0 radical (unpaired) electrons. The second-order valence-corrected chi connectivity index (χ2v) is 6.27. The van der Waals surface area contributed by atoms with Crippen molar-refractivity contribution in [3.05, 3.63) is 40.4 Å². The maximum atomic E-state index is 12.6. The number of halogens is 1. The van der Waals surface area contributed by atoms with Gasteiger partial charge in [-0.05, 0) is 50.5 Å². The zero-order chi connectivity index (χ0) is 17.5. The van der Waals surface area contributed by atoms with Gasteiger partial charge in [0.1, 0.15) is 0 Å². The van der Waals surface area contributed by atoms with Gasteiger partial charge in [0.2, 0.25) is 5.91 Å². The summed E-state index contributed by atoms with van der Waals surface area (Å²) in [6.45, 7) is 5.09. The topological polar surface area (TPSA) is 58.6 Å². The van der Waals surface area contributed by atoms with Crippen molar-refractivity contribution in [2.75, 3.05) is 19.7 Å². The minimum absolute atomic E-state index is 0.0228. The highest BCUT2D eigenvalue weighted by molar-refractivity contribution is 6.30. The van der Waals surface area contributed by atoms with Crippen molar-refractivity contribution in [1.29, 1.82) is 0 Å². The first-order valence-corrected chi connectivity index (χ1v) is 8.54. The van der Waals surface area contributed by atoms with Crippen LogP contribution in [-0.2, 0) is 9.53 Å². The third-order valence-corrected chi connectivity index (χ3v) is 4.11. The molecule has 1 N–H and O–H groups in total. The predicted molar refractivity (Wildman–Crippen MR) is 94.9 cm³/mol. The van der Waals surface area contributed by atoms with Crippen LogP contribution >= 0.6 is 11.6 Å². The van der Waals surface area contributed by atoms with E-state index >= 15 is 0 Å². The SMILES string of the molecule is CCOC(=O)NC1CCCN(C(=O)/C(C)=C/c2cccc(Cl)c2)C1. The van der Waals surface area contributed by atoms with E-state index in [4.69, 9.17) is 16.3 Å². The number of alkyl carbamates (subject to hydrolysis) is 1. The first-order chi connectivity index (χ1) is 11.5. The molecule has 0 spiro atoms. The molecule has 1 aromatic carbocycles. The molecule has 1 heterocycles. The molecule has 1 fully saturated rings. The number of amides is 2. The van der Waals surface area contributed by atoms with Crippen LogP contribution in [0.15, 0.2) is 29.8 Å². The number of hydrogen-bond donors (Lipinski definition) is 1. The van der Waals surface area contributed by atoms with Crippen LogP contribution < -0.4 is 5.32 Å². The molecule has 0 aromatic heterocycles. The van der Waals surface area contributed by atoms with Crippen molar-refractivity contribution in [1.82, 2.24) is 10.2 Å². The van der Waals surface area contributed by atoms with E-state index in [0.717, 1.165) is 18.4 Å². The zero-order valence-corrected chi connectivity index (χ0v) is 14.8. The van der Waals surface area contributed by atoms with Crippen LogP contribution in [-0.4, -0.2) is 42.6 Å². The molecule has 0 bridgehead atoms. The second kappa shape index (κ2) is 8.73. The minimum Gasteiger partial charge on any atom is -0.450 e. The molecule has 130 valence electrons. The fraction of sp³-hybridized carbons (Fsp3) is 0.444. The summed E-state index contributed by atoms with van der Waals surface area (Å²) in [6, 6.07) is 7.31. The molecule has 5 nitrogen and oxygen atoms in total. The number of piperidine rings is 1. The maximum absolute atomic E-state index is 12.6. The van der Waals surface area contributed by atoms with Crippen molar-refractivity contribution in [2.24, 2.45) is 0 Å². The Morgan fingerprint density at radius 1 is 1.46 bits per heavy atom. The molecule has 1 saturated heterocycles. The molecule has 0 saturated carbocycles. The largest absolute Gasteiger partial charge is 0.450 e. The number of hydrogen-bond acceptors (Lipinski definition) is 3. The summed E-state index contributed by atoms with van der Waals surface area (Å²) in [5, 5.41) is 3.45. The molecule has 0 aliphatic carbocycles. The standard InChI is InChI=1S/C18H23ClN2O3/c1-3-24-18(23)20-16-8-5-9-21(12-16)17(22)13(2)10-14-6-4-7-15(19)11-14/h4,6-7,10-11,16H,3,5,8-9,12H2,1-2H3,(H,20,23)/b13-10+. The first kappa shape index (κ1) is 18.3. The summed E-state index contributed by atoms with van der Waals surface area (Å²) in [7, 11) is 0.